The predicted octanol–water partition coefficient (Wildman–Crippen LogP) is 2.51. The lowest BCUT2D eigenvalue weighted by Gasteiger charge is -2.35. The van der Waals surface area contributed by atoms with Gasteiger partial charge in [0.05, 0.1) is 25.8 Å². The maximum absolute atomic E-state index is 12.8. The van der Waals surface area contributed by atoms with Gasteiger partial charge in [0.2, 0.25) is 5.91 Å². The van der Waals surface area contributed by atoms with E-state index in [1.807, 2.05) is 60.4 Å². The summed E-state index contributed by atoms with van der Waals surface area (Å²) in [6.45, 7) is 5.13. The molecule has 3 heterocycles. The van der Waals surface area contributed by atoms with Crippen LogP contribution in [0.25, 0.3) is 16.9 Å². The van der Waals surface area contributed by atoms with Gasteiger partial charge in [-0.2, -0.15) is 4.68 Å². The van der Waals surface area contributed by atoms with Crippen molar-refractivity contribution in [1.82, 2.24) is 29.9 Å². The van der Waals surface area contributed by atoms with Crippen molar-refractivity contribution < 1.29 is 14.3 Å². The van der Waals surface area contributed by atoms with E-state index in [-0.39, 0.29) is 5.91 Å². The van der Waals surface area contributed by atoms with Crippen LogP contribution < -0.4 is 14.4 Å². The van der Waals surface area contributed by atoms with E-state index in [9.17, 15) is 4.79 Å². The van der Waals surface area contributed by atoms with Crippen LogP contribution in [0.3, 0.4) is 0 Å². The smallest absolute Gasteiger partial charge is 0.227 e. The molecule has 0 unspecified atom stereocenters. The number of benzene rings is 2. The monoisotopic (exact) mass is 473 g/mol. The van der Waals surface area contributed by atoms with E-state index in [1.165, 1.54) is 6.33 Å². The van der Waals surface area contributed by atoms with E-state index >= 15 is 0 Å². The molecule has 2 aromatic heterocycles. The Morgan fingerprint density at radius 1 is 0.943 bits per heavy atom. The molecule has 0 N–H and O–H groups in total. The summed E-state index contributed by atoms with van der Waals surface area (Å²) < 4.78 is 12.4. The number of carbonyl (C=O) groups excluding carboxylic acids is 1. The molecule has 0 atom stereocenters. The van der Waals surface area contributed by atoms with Crippen molar-refractivity contribution in [3.8, 4) is 17.2 Å². The van der Waals surface area contributed by atoms with Gasteiger partial charge in [0.1, 0.15) is 17.8 Å². The van der Waals surface area contributed by atoms with Gasteiger partial charge in [-0.05, 0) is 48.9 Å². The normalized spacial score (nSPS) is 13.8. The van der Waals surface area contributed by atoms with Crippen molar-refractivity contribution in [3.63, 3.8) is 0 Å². The molecule has 1 aliphatic rings. The minimum atomic E-state index is 0.115. The number of rotatable bonds is 7. The third kappa shape index (κ3) is 4.72. The van der Waals surface area contributed by atoms with E-state index in [4.69, 9.17) is 9.47 Å². The first kappa shape index (κ1) is 22.6. The zero-order chi connectivity index (χ0) is 24.2. The molecule has 180 valence electrons. The number of aromatic nitrogens is 5. The van der Waals surface area contributed by atoms with Gasteiger partial charge >= 0.3 is 0 Å². The lowest BCUT2D eigenvalue weighted by atomic mass is 10.1. The average Bonchev–Trinajstić information content (AvgIpc) is 3.34. The second kappa shape index (κ2) is 9.96. The number of piperazine rings is 1. The number of methoxy groups -OCH3 is 1. The highest BCUT2D eigenvalue weighted by molar-refractivity contribution is 5.84. The Balaban J connectivity index is 1.27. The molecular formula is C25H27N7O3. The van der Waals surface area contributed by atoms with E-state index < -0.39 is 0 Å². The Bertz CT molecular complexity index is 1300. The van der Waals surface area contributed by atoms with Gasteiger partial charge in [0, 0.05) is 26.2 Å². The topological polar surface area (TPSA) is 98.5 Å². The van der Waals surface area contributed by atoms with Gasteiger partial charge in [-0.25, -0.2) is 9.97 Å². The van der Waals surface area contributed by atoms with Crippen LogP contribution in [-0.4, -0.2) is 75.7 Å². The third-order valence-electron chi connectivity index (χ3n) is 6.06. The molecule has 4 aromatic rings. The highest BCUT2D eigenvalue weighted by Gasteiger charge is 2.25. The summed E-state index contributed by atoms with van der Waals surface area (Å²) in [6.07, 6.45) is 1.91. The number of nitrogens with zero attached hydrogens (tertiary/aromatic N) is 7. The summed E-state index contributed by atoms with van der Waals surface area (Å²) >= 11 is 0. The van der Waals surface area contributed by atoms with Crippen molar-refractivity contribution in [1.29, 1.82) is 0 Å². The fourth-order valence-corrected chi connectivity index (χ4v) is 4.19. The summed E-state index contributed by atoms with van der Waals surface area (Å²) in [6, 6.07) is 15.3. The summed E-state index contributed by atoms with van der Waals surface area (Å²) in [4.78, 5) is 25.8. The van der Waals surface area contributed by atoms with E-state index in [0.29, 0.717) is 50.4 Å². The minimum absolute atomic E-state index is 0.115. The number of hydrogen-bond donors (Lipinski definition) is 0. The lowest BCUT2D eigenvalue weighted by molar-refractivity contribution is -0.130. The van der Waals surface area contributed by atoms with Crippen LogP contribution in [0.2, 0.25) is 0 Å². The first-order valence-corrected chi connectivity index (χ1v) is 11.6. The number of hydrogen-bond acceptors (Lipinski definition) is 8. The molecular weight excluding hydrogens is 446 g/mol. The number of ether oxygens (including phenoxy) is 2. The molecule has 10 nitrogen and oxygen atoms in total. The Kier molecular flexibility index (Phi) is 6.42. The second-order valence-corrected chi connectivity index (χ2v) is 8.19. The summed E-state index contributed by atoms with van der Waals surface area (Å²) in [5, 5.41) is 8.70. The molecule has 1 amide bonds. The Morgan fingerprint density at radius 3 is 2.34 bits per heavy atom. The Morgan fingerprint density at radius 2 is 1.66 bits per heavy atom. The molecule has 1 aliphatic heterocycles. The van der Waals surface area contributed by atoms with E-state index in [2.05, 4.69) is 25.2 Å². The maximum Gasteiger partial charge on any atom is 0.227 e. The number of amides is 1. The van der Waals surface area contributed by atoms with E-state index in [0.717, 1.165) is 28.6 Å². The molecule has 0 radical (unpaired) electrons. The Hall–Kier alpha value is -4.21. The van der Waals surface area contributed by atoms with Crippen LogP contribution >= 0.6 is 0 Å². The van der Waals surface area contributed by atoms with Crippen LogP contribution in [0, 0.1) is 0 Å². The summed E-state index contributed by atoms with van der Waals surface area (Å²) in [5.41, 5.74) is 3.09. The highest BCUT2D eigenvalue weighted by atomic mass is 16.5. The van der Waals surface area contributed by atoms with Gasteiger partial charge < -0.3 is 19.3 Å². The van der Waals surface area contributed by atoms with Gasteiger partial charge in [-0.15, -0.1) is 5.10 Å². The van der Waals surface area contributed by atoms with Crippen molar-refractivity contribution in [2.24, 2.45) is 0 Å². The molecule has 0 spiro atoms. The molecule has 10 heteroatoms. The average molecular weight is 474 g/mol. The quantitative estimate of drug-likeness (QED) is 0.404. The zero-order valence-electron chi connectivity index (χ0n) is 19.8. The molecule has 1 fully saturated rings. The molecule has 5 rings (SSSR count). The fourth-order valence-electron chi connectivity index (χ4n) is 4.19. The number of carbonyl (C=O) groups is 1. The molecule has 1 saturated heterocycles. The summed E-state index contributed by atoms with van der Waals surface area (Å²) in [5.74, 6) is 2.43. The van der Waals surface area contributed by atoms with Crippen LogP contribution in [-0.2, 0) is 11.2 Å². The number of anilines is 1. The fraction of sp³-hybridized carbons (Fsp3) is 0.320. The van der Waals surface area contributed by atoms with Gasteiger partial charge in [0.25, 0.3) is 0 Å². The molecule has 35 heavy (non-hydrogen) atoms. The Labute approximate surface area is 203 Å². The van der Waals surface area contributed by atoms with Crippen LogP contribution in [0.1, 0.15) is 12.5 Å². The second-order valence-electron chi connectivity index (χ2n) is 8.19. The molecule has 0 bridgehead atoms. The minimum Gasteiger partial charge on any atom is -0.497 e. The van der Waals surface area contributed by atoms with Gasteiger partial charge in [-0.3, -0.25) is 4.79 Å². The number of fused-ring (bicyclic) bond motifs is 1. The predicted molar refractivity (Wildman–Crippen MR) is 131 cm³/mol. The maximum atomic E-state index is 12.8. The van der Waals surface area contributed by atoms with Gasteiger partial charge in [0.15, 0.2) is 17.0 Å². The first-order chi connectivity index (χ1) is 17.2. The van der Waals surface area contributed by atoms with Crippen LogP contribution in [0.4, 0.5) is 5.82 Å². The SMILES string of the molecule is CCOc1ccc(-n2nnc3c(N4CCN(C(=O)Cc5ccc(OC)cc5)CC4)ncnc32)cc1. The van der Waals surface area contributed by atoms with Crippen LogP contribution in [0.5, 0.6) is 11.5 Å². The molecule has 2 aromatic carbocycles. The van der Waals surface area contributed by atoms with Crippen LogP contribution in [0.15, 0.2) is 54.9 Å². The molecule has 0 saturated carbocycles. The standard InChI is InChI=1S/C25H27N7O3/c1-3-35-21-10-6-19(7-11-21)32-25-23(28-29-32)24(26-17-27-25)31-14-12-30(13-15-31)22(33)16-18-4-8-20(34-2)9-5-18/h4-11,17H,3,12-16H2,1-2H3. The van der Waals surface area contributed by atoms with Crippen molar-refractivity contribution >= 4 is 22.9 Å². The molecule has 0 aliphatic carbocycles. The first-order valence-electron chi connectivity index (χ1n) is 11.6. The van der Waals surface area contributed by atoms with Crippen molar-refractivity contribution in [2.45, 2.75) is 13.3 Å². The largest absolute Gasteiger partial charge is 0.497 e. The van der Waals surface area contributed by atoms with E-state index in [1.54, 1.807) is 11.8 Å². The van der Waals surface area contributed by atoms with Gasteiger partial charge in [-0.1, -0.05) is 17.3 Å². The highest BCUT2D eigenvalue weighted by Crippen LogP contribution is 2.24. The summed E-state index contributed by atoms with van der Waals surface area (Å²) in [7, 11) is 1.63. The lowest BCUT2D eigenvalue weighted by Crippen LogP contribution is -2.49. The van der Waals surface area contributed by atoms with Crippen molar-refractivity contribution in [3.05, 3.63) is 60.4 Å². The zero-order valence-corrected chi connectivity index (χ0v) is 19.8. The third-order valence-corrected chi connectivity index (χ3v) is 6.06. The van der Waals surface area contributed by atoms with Crippen molar-refractivity contribution in [2.75, 3.05) is 44.8 Å².